The fourth-order valence-electron chi connectivity index (χ4n) is 2.20. The quantitative estimate of drug-likeness (QED) is 0.834. The molecule has 1 N–H and O–H groups in total. The van der Waals surface area contributed by atoms with Crippen molar-refractivity contribution in [3.63, 3.8) is 0 Å². The van der Waals surface area contributed by atoms with E-state index in [1.54, 1.807) is 6.07 Å². The molecule has 2 aromatic carbocycles. The molecule has 3 rings (SSSR count). The fourth-order valence-corrected chi connectivity index (χ4v) is 2.20. The zero-order valence-electron chi connectivity index (χ0n) is 10.3. The molecule has 0 aliphatic carbocycles. The number of amides is 1. The number of ether oxygens (including phenoxy) is 1. The van der Waals surface area contributed by atoms with Gasteiger partial charge in [-0.2, -0.15) is 0 Å². The molecule has 1 atom stereocenters. The van der Waals surface area contributed by atoms with E-state index in [1.807, 2.05) is 36.4 Å². The molecule has 96 valence electrons. The van der Waals surface area contributed by atoms with Gasteiger partial charge < -0.3 is 10.1 Å². The van der Waals surface area contributed by atoms with Gasteiger partial charge in [-0.15, -0.1) is 0 Å². The van der Waals surface area contributed by atoms with Crippen LogP contribution in [-0.2, 0) is 9.53 Å². The Morgan fingerprint density at radius 1 is 1.16 bits per heavy atom. The first-order valence-corrected chi connectivity index (χ1v) is 6.20. The standard InChI is InChI=1S/C15H13NO3/c17-14(16-13-7-8-19-15(13)18)12-6-5-10-3-1-2-4-11(10)9-12/h1-6,9,13H,7-8H2,(H,16,17)/t13-/m0/s1. The third-order valence-electron chi connectivity index (χ3n) is 3.25. The minimum Gasteiger partial charge on any atom is -0.464 e. The van der Waals surface area contributed by atoms with Crippen molar-refractivity contribution < 1.29 is 14.3 Å². The highest BCUT2D eigenvalue weighted by molar-refractivity contribution is 6.00. The molecular weight excluding hydrogens is 242 g/mol. The van der Waals surface area contributed by atoms with Gasteiger partial charge in [-0.3, -0.25) is 4.79 Å². The van der Waals surface area contributed by atoms with Crippen LogP contribution in [0.1, 0.15) is 16.8 Å². The number of carbonyl (C=O) groups excluding carboxylic acids is 2. The van der Waals surface area contributed by atoms with E-state index in [-0.39, 0.29) is 11.9 Å². The molecule has 4 heteroatoms. The summed E-state index contributed by atoms with van der Waals surface area (Å²) >= 11 is 0. The number of rotatable bonds is 2. The predicted octanol–water partition coefficient (Wildman–Crippen LogP) is 1.89. The van der Waals surface area contributed by atoms with Crippen molar-refractivity contribution in [3.05, 3.63) is 48.0 Å². The van der Waals surface area contributed by atoms with Gasteiger partial charge in [0, 0.05) is 12.0 Å². The van der Waals surface area contributed by atoms with E-state index >= 15 is 0 Å². The van der Waals surface area contributed by atoms with E-state index < -0.39 is 6.04 Å². The van der Waals surface area contributed by atoms with Gasteiger partial charge in [-0.25, -0.2) is 4.79 Å². The van der Waals surface area contributed by atoms with Crippen molar-refractivity contribution in [3.8, 4) is 0 Å². The van der Waals surface area contributed by atoms with Gasteiger partial charge in [0.15, 0.2) is 0 Å². The lowest BCUT2D eigenvalue weighted by atomic mass is 10.1. The van der Waals surface area contributed by atoms with Crippen LogP contribution in [-0.4, -0.2) is 24.5 Å². The number of carbonyl (C=O) groups is 2. The van der Waals surface area contributed by atoms with Crippen molar-refractivity contribution in [2.75, 3.05) is 6.61 Å². The van der Waals surface area contributed by atoms with Gasteiger partial charge in [0.05, 0.1) is 6.61 Å². The molecule has 19 heavy (non-hydrogen) atoms. The third kappa shape index (κ3) is 2.29. The molecule has 0 radical (unpaired) electrons. The highest BCUT2D eigenvalue weighted by Gasteiger charge is 2.28. The molecule has 1 saturated heterocycles. The molecule has 0 spiro atoms. The maximum Gasteiger partial charge on any atom is 0.328 e. The van der Waals surface area contributed by atoms with E-state index in [9.17, 15) is 9.59 Å². The van der Waals surface area contributed by atoms with Crippen LogP contribution < -0.4 is 5.32 Å². The average Bonchev–Trinajstić information content (AvgIpc) is 2.84. The molecule has 0 saturated carbocycles. The lowest BCUT2D eigenvalue weighted by Crippen LogP contribution is -2.37. The van der Waals surface area contributed by atoms with E-state index in [2.05, 4.69) is 5.32 Å². The van der Waals surface area contributed by atoms with Gasteiger partial charge in [0.2, 0.25) is 0 Å². The average molecular weight is 255 g/mol. The molecule has 1 fully saturated rings. The summed E-state index contributed by atoms with van der Waals surface area (Å²) in [6.07, 6.45) is 0.540. The fraction of sp³-hybridized carbons (Fsp3) is 0.200. The van der Waals surface area contributed by atoms with Crippen molar-refractivity contribution >= 4 is 22.6 Å². The summed E-state index contributed by atoms with van der Waals surface area (Å²) < 4.78 is 4.82. The van der Waals surface area contributed by atoms with Crippen molar-refractivity contribution in [1.82, 2.24) is 5.32 Å². The second kappa shape index (κ2) is 4.72. The number of hydrogen-bond acceptors (Lipinski definition) is 3. The number of benzene rings is 2. The Balaban J connectivity index is 1.83. The Hall–Kier alpha value is -2.36. The lowest BCUT2D eigenvalue weighted by molar-refractivity contribution is -0.139. The van der Waals surface area contributed by atoms with Crippen LogP contribution >= 0.6 is 0 Å². The summed E-state index contributed by atoms with van der Waals surface area (Å²) in [6.45, 7) is 0.376. The number of hydrogen-bond donors (Lipinski definition) is 1. The zero-order valence-corrected chi connectivity index (χ0v) is 10.3. The number of fused-ring (bicyclic) bond motifs is 1. The molecule has 1 aliphatic rings. The molecule has 1 amide bonds. The van der Waals surface area contributed by atoms with E-state index in [0.29, 0.717) is 18.6 Å². The Bertz CT molecular complexity index is 651. The summed E-state index contributed by atoms with van der Waals surface area (Å²) in [7, 11) is 0. The lowest BCUT2D eigenvalue weighted by Gasteiger charge is -2.09. The normalized spacial score (nSPS) is 18.3. The monoisotopic (exact) mass is 255 g/mol. The summed E-state index contributed by atoms with van der Waals surface area (Å²) in [5, 5.41) is 4.78. The van der Waals surface area contributed by atoms with Crippen molar-refractivity contribution in [2.45, 2.75) is 12.5 Å². The number of nitrogens with one attached hydrogen (secondary N) is 1. The van der Waals surface area contributed by atoms with E-state index in [0.717, 1.165) is 10.8 Å². The van der Waals surface area contributed by atoms with Gasteiger partial charge in [0.1, 0.15) is 6.04 Å². The summed E-state index contributed by atoms with van der Waals surface area (Å²) in [6, 6.07) is 12.8. The summed E-state index contributed by atoms with van der Waals surface area (Å²) in [5.74, 6) is -0.594. The molecule has 2 aromatic rings. The third-order valence-corrected chi connectivity index (χ3v) is 3.25. The van der Waals surface area contributed by atoms with Crippen LogP contribution in [0.4, 0.5) is 0 Å². The largest absolute Gasteiger partial charge is 0.464 e. The van der Waals surface area contributed by atoms with Crippen molar-refractivity contribution in [2.24, 2.45) is 0 Å². The highest BCUT2D eigenvalue weighted by atomic mass is 16.5. The molecular formula is C15H13NO3. The molecule has 0 aromatic heterocycles. The van der Waals surface area contributed by atoms with Crippen LogP contribution in [0.5, 0.6) is 0 Å². The maximum absolute atomic E-state index is 12.1. The van der Waals surface area contributed by atoms with Gasteiger partial charge in [0.25, 0.3) is 5.91 Å². The minimum atomic E-state index is -0.515. The molecule has 4 nitrogen and oxygen atoms in total. The van der Waals surface area contributed by atoms with Crippen LogP contribution in [0, 0.1) is 0 Å². The molecule has 1 aliphatic heterocycles. The molecule has 0 unspecified atom stereocenters. The first-order chi connectivity index (χ1) is 9.24. The number of cyclic esters (lactones) is 1. The Morgan fingerprint density at radius 2 is 1.95 bits per heavy atom. The number of esters is 1. The predicted molar refractivity (Wildman–Crippen MR) is 70.8 cm³/mol. The van der Waals surface area contributed by atoms with E-state index in [1.165, 1.54) is 0 Å². The van der Waals surface area contributed by atoms with Gasteiger partial charge in [-0.1, -0.05) is 30.3 Å². The van der Waals surface area contributed by atoms with E-state index in [4.69, 9.17) is 4.74 Å². The van der Waals surface area contributed by atoms with Crippen molar-refractivity contribution in [1.29, 1.82) is 0 Å². The Labute approximate surface area is 110 Å². The molecule has 0 bridgehead atoms. The molecule has 1 heterocycles. The Morgan fingerprint density at radius 3 is 2.68 bits per heavy atom. The zero-order chi connectivity index (χ0) is 13.2. The first-order valence-electron chi connectivity index (χ1n) is 6.20. The second-order valence-corrected chi connectivity index (χ2v) is 4.54. The maximum atomic E-state index is 12.1. The second-order valence-electron chi connectivity index (χ2n) is 4.54. The minimum absolute atomic E-state index is 0.241. The van der Waals surface area contributed by atoms with Crippen LogP contribution in [0.2, 0.25) is 0 Å². The first kappa shape index (κ1) is 11.7. The van der Waals surface area contributed by atoms with Crippen LogP contribution in [0.3, 0.4) is 0 Å². The highest BCUT2D eigenvalue weighted by Crippen LogP contribution is 2.16. The summed E-state index contributed by atoms with van der Waals surface area (Å²) in [5.41, 5.74) is 0.554. The van der Waals surface area contributed by atoms with Crippen LogP contribution in [0.25, 0.3) is 10.8 Å². The topological polar surface area (TPSA) is 55.4 Å². The van der Waals surface area contributed by atoms with Crippen LogP contribution in [0.15, 0.2) is 42.5 Å². The summed E-state index contributed by atoms with van der Waals surface area (Å²) in [4.78, 5) is 23.4. The smallest absolute Gasteiger partial charge is 0.328 e. The SMILES string of the molecule is O=C(N[C@H]1CCOC1=O)c1ccc2ccccc2c1. The Kier molecular flexibility index (Phi) is 2.91. The van der Waals surface area contributed by atoms with Gasteiger partial charge in [-0.05, 0) is 22.9 Å². The van der Waals surface area contributed by atoms with Gasteiger partial charge >= 0.3 is 5.97 Å².